The summed E-state index contributed by atoms with van der Waals surface area (Å²) < 4.78 is 0. The molecular weight excluding hydrogens is 260 g/mol. The number of anilines is 1. The van der Waals surface area contributed by atoms with E-state index >= 15 is 0 Å². The van der Waals surface area contributed by atoms with Crippen LogP contribution in [0.2, 0.25) is 0 Å². The van der Waals surface area contributed by atoms with Gasteiger partial charge in [0.1, 0.15) is 0 Å². The fourth-order valence-corrected chi connectivity index (χ4v) is 1.52. The smallest absolute Gasteiger partial charge is 0.297 e. The van der Waals surface area contributed by atoms with Crippen LogP contribution in [0.4, 0.5) is 5.69 Å². The molecule has 8 heteroatoms. The third-order valence-electron chi connectivity index (χ3n) is 2.47. The molecule has 0 aliphatic carbocycles. The molecule has 0 saturated carbocycles. The highest BCUT2D eigenvalue weighted by Crippen LogP contribution is 2.11. The lowest BCUT2D eigenvalue weighted by Gasteiger charge is -2.06. The van der Waals surface area contributed by atoms with Crippen LogP contribution in [-0.4, -0.2) is 39.0 Å². The van der Waals surface area contributed by atoms with Gasteiger partial charge in [0.15, 0.2) is 0 Å². The van der Waals surface area contributed by atoms with E-state index < -0.39 is 5.91 Å². The standard InChI is InChI=1S/C12H14N6O2/c1-2-6-13-11(19)8-4-3-5-9(7-8)14-12(20)10-15-17-18-16-10/h3-5,7H,2,6H2,1H3,(H,13,19)(H,14,20)(H,15,16,17,18). The van der Waals surface area contributed by atoms with Crippen molar-refractivity contribution in [2.75, 3.05) is 11.9 Å². The third-order valence-corrected chi connectivity index (χ3v) is 2.47. The van der Waals surface area contributed by atoms with Crippen LogP contribution in [0.3, 0.4) is 0 Å². The van der Waals surface area contributed by atoms with Gasteiger partial charge in [-0.15, -0.1) is 10.2 Å². The SMILES string of the molecule is CCCNC(=O)c1cccc(NC(=O)c2nn[nH]n2)c1. The molecule has 0 aliphatic heterocycles. The molecule has 1 aromatic carbocycles. The lowest BCUT2D eigenvalue weighted by Crippen LogP contribution is -2.24. The first-order valence-electron chi connectivity index (χ1n) is 6.13. The number of rotatable bonds is 5. The van der Waals surface area contributed by atoms with Gasteiger partial charge >= 0.3 is 0 Å². The molecule has 0 unspecified atom stereocenters. The second-order valence-electron chi connectivity index (χ2n) is 4.03. The predicted octanol–water partition coefficient (Wildman–Crippen LogP) is 0.592. The van der Waals surface area contributed by atoms with Crippen LogP contribution in [0.15, 0.2) is 24.3 Å². The normalized spacial score (nSPS) is 10.1. The van der Waals surface area contributed by atoms with Crippen LogP contribution in [-0.2, 0) is 0 Å². The van der Waals surface area contributed by atoms with Gasteiger partial charge < -0.3 is 10.6 Å². The van der Waals surface area contributed by atoms with Gasteiger partial charge in [-0.2, -0.15) is 5.21 Å². The maximum absolute atomic E-state index is 11.8. The molecule has 20 heavy (non-hydrogen) atoms. The van der Waals surface area contributed by atoms with Crippen molar-refractivity contribution in [1.82, 2.24) is 25.9 Å². The minimum Gasteiger partial charge on any atom is -0.352 e. The van der Waals surface area contributed by atoms with Crippen LogP contribution in [0.5, 0.6) is 0 Å². The van der Waals surface area contributed by atoms with Crippen LogP contribution >= 0.6 is 0 Å². The molecule has 1 aromatic heterocycles. The highest BCUT2D eigenvalue weighted by Gasteiger charge is 2.12. The molecule has 0 fully saturated rings. The average molecular weight is 274 g/mol. The molecule has 0 spiro atoms. The molecule has 3 N–H and O–H groups in total. The van der Waals surface area contributed by atoms with Crippen LogP contribution < -0.4 is 10.6 Å². The number of carbonyl (C=O) groups is 2. The first-order chi connectivity index (χ1) is 9.70. The van der Waals surface area contributed by atoms with Gasteiger partial charge in [-0.25, -0.2) is 0 Å². The molecule has 0 aliphatic rings. The fraction of sp³-hybridized carbons (Fsp3) is 0.250. The Morgan fingerprint density at radius 2 is 2.15 bits per heavy atom. The summed E-state index contributed by atoms with van der Waals surface area (Å²) in [6, 6.07) is 6.62. The van der Waals surface area contributed by atoms with E-state index in [1.165, 1.54) is 0 Å². The quantitative estimate of drug-likeness (QED) is 0.738. The van der Waals surface area contributed by atoms with Gasteiger partial charge in [0.2, 0.25) is 0 Å². The number of hydrogen-bond donors (Lipinski definition) is 3. The lowest BCUT2D eigenvalue weighted by molar-refractivity contribution is 0.0952. The summed E-state index contributed by atoms with van der Waals surface area (Å²) in [5.41, 5.74) is 0.966. The average Bonchev–Trinajstić information content (AvgIpc) is 2.99. The van der Waals surface area contributed by atoms with Crippen LogP contribution in [0.25, 0.3) is 0 Å². The van der Waals surface area contributed by atoms with Crippen molar-refractivity contribution in [2.24, 2.45) is 0 Å². The summed E-state index contributed by atoms with van der Waals surface area (Å²) >= 11 is 0. The van der Waals surface area contributed by atoms with Gasteiger partial charge in [0.25, 0.3) is 17.6 Å². The summed E-state index contributed by atoms with van der Waals surface area (Å²) in [7, 11) is 0. The van der Waals surface area contributed by atoms with Crippen molar-refractivity contribution < 1.29 is 9.59 Å². The van der Waals surface area contributed by atoms with Gasteiger partial charge in [-0.05, 0) is 29.8 Å². The largest absolute Gasteiger partial charge is 0.352 e. The van der Waals surface area contributed by atoms with E-state index in [0.717, 1.165) is 6.42 Å². The van der Waals surface area contributed by atoms with Crippen molar-refractivity contribution in [2.45, 2.75) is 13.3 Å². The van der Waals surface area contributed by atoms with Crippen molar-refractivity contribution in [1.29, 1.82) is 0 Å². The minimum atomic E-state index is -0.495. The lowest BCUT2D eigenvalue weighted by atomic mass is 10.2. The Labute approximate surface area is 115 Å². The Morgan fingerprint density at radius 1 is 1.30 bits per heavy atom. The molecule has 8 nitrogen and oxygen atoms in total. The molecule has 0 radical (unpaired) electrons. The third kappa shape index (κ3) is 3.37. The zero-order valence-electron chi connectivity index (χ0n) is 10.9. The molecule has 1 heterocycles. The highest BCUT2D eigenvalue weighted by atomic mass is 16.2. The van der Waals surface area contributed by atoms with Gasteiger partial charge in [-0.3, -0.25) is 9.59 Å². The zero-order chi connectivity index (χ0) is 14.4. The van der Waals surface area contributed by atoms with Gasteiger partial charge in [0.05, 0.1) is 0 Å². The van der Waals surface area contributed by atoms with Crippen LogP contribution in [0, 0.1) is 0 Å². The van der Waals surface area contributed by atoms with Crippen molar-refractivity contribution in [3.63, 3.8) is 0 Å². The monoisotopic (exact) mass is 274 g/mol. The van der Waals surface area contributed by atoms with E-state index in [1.54, 1.807) is 24.3 Å². The molecule has 2 aromatic rings. The van der Waals surface area contributed by atoms with Crippen molar-refractivity contribution >= 4 is 17.5 Å². The molecule has 0 atom stereocenters. The fourth-order valence-electron chi connectivity index (χ4n) is 1.52. The Kier molecular flexibility index (Phi) is 4.38. The molecule has 2 amide bonds. The number of amides is 2. The Hall–Kier alpha value is -2.77. The number of nitrogens with one attached hydrogen (secondary N) is 3. The topological polar surface area (TPSA) is 113 Å². The summed E-state index contributed by atoms with van der Waals surface area (Å²) in [4.78, 5) is 23.5. The molecule has 0 bridgehead atoms. The van der Waals surface area contributed by atoms with E-state index in [4.69, 9.17) is 0 Å². The van der Waals surface area contributed by atoms with Crippen molar-refractivity contribution in [3.8, 4) is 0 Å². The zero-order valence-corrected chi connectivity index (χ0v) is 10.9. The number of aromatic amines is 1. The number of hydrogen-bond acceptors (Lipinski definition) is 5. The van der Waals surface area contributed by atoms with E-state index in [1.807, 2.05) is 6.92 Å². The summed E-state index contributed by atoms with van der Waals surface area (Å²) in [5, 5.41) is 18.0. The van der Waals surface area contributed by atoms with Crippen molar-refractivity contribution in [3.05, 3.63) is 35.7 Å². The number of H-pyrrole nitrogens is 1. The summed E-state index contributed by atoms with van der Waals surface area (Å²) in [6.45, 7) is 2.58. The van der Waals surface area contributed by atoms with Gasteiger partial charge in [0, 0.05) is 17.8 Å². The Bertz CT molecular complexity index is 596. The molecule has 0 saturated heterocycles. The van der Waals surface area contributed by atoms with E-state index in [9.17, 15) is 9.59 Å². The van der Waals surface area contributed by atoms with Gasteiger partial charge in [-0.1, -0.05) is 13.0 Å². The van der Waals surface area contributed by atoms with E-state index in [0.29, 0.717) is 17.8 Å². The summed E-state index contributed by atoms with van der Waals surface area (Å²) in [5.74, 6) is -0.738. The van der Waals surface area contributed by atoms with Crippen LogP contribution in [0.1, 0.15) is 34.3 Å². The Balaban J connectivity index is 2.06. The summed E-state index contributed by atoms with van der Waals surface area (Å²) in [6.07, 6.45) is 0.861. The maximum Gasteiger partial charge on any atom is 0.297 e. The molecular formula is C12H14N6O2. The number of carbonyl (C=O) groups excluding carboxylic acids is 2. The maximum atomic E-state index is 11.8. The molecule has 104 valence electrons. The molecule has 2 rings (SSSR count). The second kappa shape index (κ2) is 6.41. The Morgan fingerprint density at radius 3 is 2.85 bits per heavy atom. The number of benzene rings is 1. The first kappa shape index (κ1) is 13.7. The second-order valence-corrected chi connectivity index (χ2v) is 4.03. The highest BCUT2D eigenvalue weighted by molar-refractivity contribution is 6.02. The number of tetrazole rings is 1. The first-order valence-corrected chi connectivity index (χ1v) is 6.13. The number of aromatic nitrogens is 4. The van der Waals surface area contributed by atoms with E-state index in [-0.39, 0.29) is 11.7 Å². The predicted molar refractivity (Wildman–Crippen MR) is 71.2 cm³/mol. The minimum absolute atomic E-state index is 0.0640. The van der Waals surface area contributed by atoms with E-state index in [2.05, 4.69) is 31.3 Å². The number of nitrogens with zero attached hydrogens (tertiary/aromatic N) is 3.